The van der Waals surface area contributed by atoms with Crippen LogP contribution in [0, 0.1) is 5.82 Å². The van der Waals surface area contributed by atoms with E-state index in [0.29, 0.717) is 5.75 Å². The number of phenolic OH excluding ortho intramolecular Hbond substituents is 1. The van der Waals surface area contributed by atoms with E-state index < -0.39 is 18.2 Å². The Labute approximate surface area is 69.0 Å². The summed E-state index contributed by atoms with van der Waals surface area (Å²) in [5.74, 6) is -1.00. The molecule has 0 spiro atoms. The molecule has 0 unspecified atom stereocenters. The second-order valence-corrected chi connectivity index (χ2v) is 2.28. The zero-order chi connectivity index (χ0) is 9.14. The summed E-state index contributed by atoms with van der Waals surface area (Å²) in [7, 11) is 1.40. The van der Waals surface area contributed by atoms with Crippen LogP contribution in [0.4, 0.5) is 4.39 Å². The molecule has 0 radical (unpaired) electrons. The third-order valence-electron chi connectivity index (χ3n) is 1.51. The quantitative estimate of drug-likeness (QED) is 0.700. The molecule has 1 aromatic rings. The molecule has 2 N–H and O–H groups in total. The van der Waals surface area contributed by atoms with Gasteiger partial charge in [0.05, 0.1) is 13.7 Å². The monoisotopic (exact) mass is 172 g/mol. The largest absolute Gasteiger partial charge is 0.505 e. The number of aromatic hydroxyl groups is 1. The molecule has 66 valence electrons. The molecule has 0 atom stereocenters. The maximum atomic E-state index is 12.9. The highest BCUT2D eigenvalue weighted by Crippen LogP contribution is 2.25. The van der Waals surface area contributed by atoms with Gasteiger partial charge in [-0.25, -0.2) is 4.39 Å². The maximum Gasteiger partial charge on any atom is 0.170 e. The summed E-state index contributed by atoms with van der Waals surface area (Å²) in [5.41, 5.74) is 0.0202. The van der Waals surface area contributed by atoms with Gasteiger partial charge in [-0.15, -0.1) is 0 Å². The van der Waals surface area contributed by atoms with E-state index in [-0.39, 0.29) is 5.56 Å². The van der Waals surface area contributed by atoms with Crippen LogP contribution in [-0.2, 0) is 6.61 Å². The van der Waals surface area contributed by atoms with Crippen LogP contribution in [0.25, 0.3) is 0 Å². The number of aliphatic hydroxyl groups is 1. The summed E-state index contributed by atoms with van der Waals surface area (Å²) in [5, 5.41) is 17.6. The van der Waals surface area contributed by atoms with Crippen molar-refractivity contribution < 1.29 is 19.3 Å². The molecule has 0 aliphatic rings. The lowest BCUT2D eigenvalue weighted by molar-refractivity contribution is 0.272. The molecule has 12 heavy (non-hydrogen) atoms. The minimum Gasteiger partial charge on any atom is -0.505 e. The van der Waals surface area contributed by atoms with E-state index in [1.54, 1.807) is 0 Å². The summed E-state index contributed by atoms with van der Waals surface area (Å²) in [4.78, 5) is 0. The molecule has 0 fully saturated rings. The van der Waals surface area contributed by atoms with Gasteiger partial charge < -0.3 is 14.9 Å². The highest BCUT2D eigenvalue weighted by Gasteiger charge is 2.08. The van der Waals surface area contributed by atoms with E-state index >= 15 is 0 Å². The molecule has 0 aliphatic carbocycles. The molecule has 3 nitrogen and oxygen atoms in total. The molecule has 1 aromatic carbocycles. The third kappa shape index (κ3) is 1.48. The zero-order valence-electron chi connectivity index (χ0n) is 6.54. The van der Waals surface area contributed by atoms with Crippen LogP contribution in [0.15, 0.2) is 12.1 Å². The van der Waals surface area contributed by atoms with Gasteiger partial charge in [-0.2, -0.15) is 0 Å². The van der Waals surface area contributed by atoms with Crippen molar-refractivity contribution in [2.75, 3.05) is 7.11 Å². The van der Waals surface area contributed by atoms with E-state index in [4.69, 9.17) is 14.9 Å². The average Bonchev–Trinajstić information content (AvgIpc) is 2.09. The van der Waals surface area contributed by atoms with Crippen LogP contribution in [0.5, 0.6) is 11.5 Å². The van der Waals surface area contributed by atoms with E-state index in [2.05, 4.69) is 0 Å². The van der Waals surface area contributed by atoms with Gasteiger partial charge in [-0.1, -0.05) is 0 Å². The van der Waals surface area contributed by atoms with Gasteiger partial charge in [0.1, 0.15) is 5.75 Å². The van der Waals surface area contributed by atoms with Crippen LogP contribution in [-0.4, -0.2) is 17.3 Å². The molecule has 1 rings (SSSR count). The van der Waals surface area contributed by atoms with Gasteiger partial charge in [0.25, 0.3) is 0 Å². The van der Waals surface area contributed by atoms with Crippen LogP contribution >= 0.6 is 0 Å². The van der Waals surface area contributed by atoms with Crippen molar-refractivity contribution in [3.05, 3.63) is 23.5 Å². The van der Waals surface area contributed by atoms with E-state index in [1.165, 1.54) is 13.2 Å². The van der Waals surface area contributed by atoms with Crippen molar-refractivity contribution in [3.8, 4) is 11.5 Å². The first-order valence-electron chi connectivity index (χ1n) is 3.35. The smallest absolute Gasteiger partial charge is 0.170 e. The Hall–Kier alpha value is -1.29. The molecule has 0 aliphatic heterocycles. The maximum absolute atomic E-state index is 12.9. The molecule has 0 saturated carbocycles. The second kappa shape index (κ2) is 3.40. The molecule has 0 heterocycles. The van der Waals surface area contributed by atoms with Gasteiger partial charge in [0.15, 0.2) is 11.6 Å². The van der Waals surface area contributed by atoms with Crippen molar-refractivity contribution in [1.29, 1.82) is 0 Å². The third-order valence-corrected chi connectivity index (χ3v) is 1.51. The van der Waals surface area contributed by atoms with Crippen molar-refractivity contribution in [3.63, 3.8) is 0 Å². The lowest BCUT2D eigenvalue weighted by atomic mass is 10.2. The van der Waals surface area contributed by atoms with Gasteiger partial charge in [-0.05, 0) is 6.07 Å². The average molecular weight is 172 g/mol. The van der Waals surface area contributed by atoms with E-state index in [0.717, 1.165) is 6.07 Å². The minimum absolute atomic E-state index is 0.0202. The number of halogens is 1. The lowest BCUT2D eigenvalue weighted by Crippen LogP contribution is -1.92. The van der Waals surface area contributed by atoms with Crippen LogP contribution < -0.4 is 4.74 Å². The van der Waals surface area contributed by atoms with Crippen molar-refractivity contribution in [2.24, 2.45) is 0 Å². The van der Waals surface area contributed by atoms with Crippen molar-refractivity contribution in [2.45, 2.75) is 6.61 Å². The van der Waals surface area contributed by atoms with E-state index in [1.807, 2.05) is 0 Å². The standard InChI is InChI=1S/C8H9FO3/c1-12-6-2-5(4-10)8(9)7(11)3-6/h2-3,10-11H,4H2,1H3. The highest BCUT2D eigenvalue weighted by molar-refractivity contribution is 5.38. The van der Waals surface area contributed by atoms with Crippen LogP contribution in [0.1, 0.15) is 5.56 Å². The fraction of sp³-hybridized carbons (Fsp3) is 0.250. The summed E-state index contributed by atoms with van der Waals surface area (Å²) in [6, 6.07) is 2.48. The molecule has 0 amide bonds. The summed E-state index contributed by atoms with van der Waals surface area (Å²) < 4.78 is 17.6. The normalized spacial score (nSPS) is 9.92. The Kier molecular flexibility index (Phi) is 2.50. The number of ether oxygens (including phenoxy) is 1. The first-order valence-corrected chi connectivity index (χ1v) is 3.35. The Balaban J connectivity index is 3.19. The molecular weight excluding hydrogens is 163 g/mol. The Morgan fingerprint density at radius 2 is 2.17 bits per heavy atom. The van der Waals surface area contributed by atoms with Gasteiger partial charge in [0, 0.05) is 11.6 Å². The van der Waals surface area contributed by atoms with Crippen molar-refractivity contribution in [1.82, 2.24) is 0 Å². The number of benzene rings is 1. The topological polar surface area (TPSA) is 49.7 Å². The molecular formula is C8H9FO3. The fourth-order valence-electron chi connectivity index (χ4n) is 0.872. The number of phenols is 1. The fourth-order valence-corrected chi connectivity index (χ4v) is 0.872. The van der Waals surface area contributed by atoms with E-state index in [9.17, 15) is 4.39 Å². The number of aliphatic hydroxyl groups excluding tert-OH is 1. The zero-order valence-corrected chi connectivity index (χ0v) is 6.54. The Morgan fingerprint density at radius 3 is 2.67 bits per heavy atom. The Bertz CT molecular complexity index is 286. The first kappa shape index (κ1) is 8.80. The number of methoxy groups -OCH3 is 1. The summed E-state index contributed by atoms with van der Waals surface area (Å²) >= 11 is 0. The predicted molar refractivity (Wildman–Crippen MR) is 40.5 cm³/mol. The highest BCUT2D eigenvalue weighted by atomic mass is 19.1. The second-order valence-electron chi connectivity index (χ2n) is 2.28. The van der Waals surface area contributed by atoms with Gasteiger partial charge in [0.2, 0.25) is 0 Å². The number of rotatable bonds is 2. The van der Waals surface area contributed by atoms with Crippen LogP contribution in [0.3, 0.4) is 0 Å². The van der Waals surface area contributed by atoms with Gasteiger partial charge in [-0.3, -0.25) is 0 Å². The summed E-state index contributed by atoms with van der Waals surface area (Å²) in [6.45, 7) is -0.462. The van der Waals surface area contributed by atoms with Gasteiger partial charge >= 0.3 is 0 Å². The molecule has 4 heteroatoms. The Morgan fingerprint density at radius 1 is 1.50 bits per heavy atom. The van der Waals surface area contributed by atoms with Crippen LogP contribution in [0.2, 0.25) is 0 Å². The number of hydrogen-bond acceptors (Lipinski definition) is 3. The summed E-state index contributed by atoms with van der Waals surface area (Å²) in [6.07, 6.45) is 0. The predicted octanol–water partition coefficient (Wildman–Crippen LogP) is 1.03. The SMILES string of the molecule is COc1cc(O)c(F)c(CO)c1. The minimum atomic E-state index is -0.807. The lowest BCUT2D eigenvalue weighted by Gasteiger charge is -2.05. The molecule has 0 saturated heterocycles. The first-order chi connectivity index (χ1) is 5.69. The number of hydrogen-bond donors (Lipinski definition) is 2. The van der Waals surface area contributed by atoms with Crippen molar-refractivity contribution >= 4 is 0 Å². The molecule has 0 aromatic heterocycles. The molecule has 0 bridgehead atoms.